The second-order valence-corrected chi connectivity index (χ2v) is 6.14. The maximum absolute atomic E-state index is 13.0. The van der Waals surface area contributed by atoms with E-state index in [4.69, 9.17) is 14.2 Å². The van der Waals surface area contributed by atoms with E-state index in [1.54, 1.807) is 18.2 Å². The van der Waals surface area contributed by atoms with Gasteiger partial charge in [0, 0.05) is 25.3 Å². The Morgan fingerprint density at radius 3 is 3.00 bits per heavy atom. The number of fused-ring (bicyclic) bond motifs is 2. The number of rotatable bonds is 4. The second kappa shape index (κ2) is 6.40. The highest BCUT2D eigenvalue weighted by atomic mass is 16.7. The van der Waals surface area contributed by atoms with Crippen LogP contribution in [0.4, 0.5) is 0 Å². The summed E-state index contributed by atoms with van der Waals surface area (Å²) in [5.41, 5.74) is 1.66. The molecule has 2 aromatic rings. The Balaban J connectivity index is 1.56. The first-order valence-corrected chi connectivity index (χ1v) is 8.51. The molecule has 2 aliphatic heterocycles. The van der Waals surface area contributed by atoms with E-state index in [1.165, 1.54) is 0 Å². The van der Waals surface area contributed by atoms with E-state index in [0.717, 1.165) is 18.1 Å². The fraction of sp³-hybridized carbons (Fsp3) is 0.444. The number of nitrogens with zero attached hydrogens (tertiary/aromatic N) is 3. The predicted molar refractivity (Wildman–Crippen MR) is 89.6 cm³/mol. The van der Waals surface area contributed by atoms with Crippen molar-refractivity contribution in [3.8, 4) is 11.5 Å². The zero-order chi connectivity index (χ0) is 17.4. The minimum absolute atomic E-state index is 0.0218. The molecule has 0 N–H and O–H groups in total. The zero-order valence-corrected chi connectivity index (χ0v) is 14.4. The lowest BCUT2D eigenvalue weighted by Crippen LogP contribution is -2.41. The van der Waals surface area contributed by atoms with Crippen molar-refractivity contribution in [3.63, 3.8) is 0 Å². The highest BCUT2D eigenvalue weighted by Crippen LogP contribution is 2.34. The van der Waals surface area contributed by atoms with Gasteiger partial charge in [0.25, 0.3) is 5.91 Å². The Morgan fingerprint density at radius 1 is 1.32 bits per heavy atom. The van der Waals surface area contributed by atoms with E-state index < -0.39 is 0 Å². The molecule has 0 saturated carbocycles. The van der Waals surface area contributed by atoms with Gasteiger partial charge in [-0.05, 0) is 32.0 Å². The number of carbonyl (C=O) groups is 1. The number of amides is 1. The van der Waals surface area contributed by atoms with E-state index in [9.17, 15) is 4.79 Å². The minimum Gasteiger partial charge on any atom is -0.454 e. The van der Waals surface area contributed by atoms with Crippen molar-refractivity contribution in [1.29, 1.82) is 0 Å². The van der Waals surface area contributed by atoms with Crippen LogP contribution in [0.5, 0.6) is 11.5 Å². The molecule has 1 amide bonds. The molecule has 7 heteroatoms. The van der Waals surface area contributed by atoms with Gasteiger partial charge in [0.15, 0.2) is 11.5 Å². The minimum atomic E-state index is -0.0953. The fourth-order valence-electron chi connectivity index (χ4n) is 3.35. The molecule has 0 saturated heterocycles. The summed E-state index contributed by atoms with van der Waals surface area (Å²) >= 11 is 0. The molecular formula is C18H21N3O4. The molecule has 1 aromatic heterocycles. The Morgan fingerprint density at radius 2 is 2.16 bits per heavy atom. The summed E-state index contributed by atoms with van der Waals surface area (Å²) in [6.45, 7) is 6.76. The van der Waals surface area contributed by atoms with Crippen LogP contribution < -0.4 is 9.47 Å². The van der Waals surface area contributed by atoms with Gasteiger partial charge >= 0.3 is 0 Å². The van der Waals surface area contributed by atoms with Crippen LogP contribution in [0.2, 0.25) is 0 Å². The first kappa shape index (κ1) is 16.0. The van der Waals surface area contributed by atoms with E-state index >= 15 is 0 Å². The largest absolute Gasteiger partial charge is 0.454 e. The van der Waals surface area contributed by atoms with Crippen LogP contribution in [-0.2, 0) is 17.9 Å². The van der Waals surface area contributed by atoms with Crippen molar-refractivity contribution in [2.24, 2.45) is 0 Å². The van der Waals surface area contributed by atoms with Gasteiger partial charge in [-0.15, -0.1) is 0 Å². The van der Waals surface area contributed by atoms with Gasteiger partial charge in [0.05, 0.1) is 24.5 Å². The van der Waals surface area contributed by atoms with Crippen molar-refractivity contribution in [2.75, 3.05) is 19.9 Å². The van der Waals surface area contributed by atoms with Gasteiger partial charge in [-0.25, -0.2) is 4.98 Å². The van der Waals surface area contributed by atoms with Crippen LogP contribution in [0.1, 0.15) is 41.8 Å². The lowest BCUT2D eigenvalue weighted by molar-refractivity contribution is 0.0629. The SMILES string of the molecule is CCOCc1cnc2n1CCN(C(=O)c1ccc3c(c1)OCO3)[C@@H]2C. The molecule has 7 nitrogen and oxygen atoms in total. The molecule has 0 fully saturated rings. The summed E-state index contributed by atoms with van der Waals surface area (Å²) in [5.74, 6) is 2.18. The van der Waals surface area contributed by atoms with Gasteiger partial charge in [0.1, 0.15) is 5.82 Å². The maximum atomic E-state index is 13.0. The van der Waals surface area contributed by atoms with Crippen LogP contribution in [-0.4, -0.2) is 40.3 Å². The standard InChI is InChI=1S/C18H21N3O4/c1-3-23-10-14-9-19-17-12(2)20(6-7-21(14)17)18(22)13-4-5-15-16(8-13)25-11-24-15/h4-5,8-9,12H,3,6-7,10-11H2,1-2H3/t12-/m1/s1. The first-order chi connectivity index (χ1) is 12.2. The second-order valence-electron chi connectivity index (χ2n) is 6.14. The Labute approximate surface area is 146 Å². The van der Waals surface area contributed by atoms with Crippen molar-refractivity contribution >= 4 is 5.91 Å². The summed E-state index contributed by atoms with van der Waals surface area (Å²) in [5, 5.41) is 0. The number of imidazole rings is 1. The third kappa shape index (κ3) is 2.74. The lowest BCUT2D eigenvalue weighted by atomic mass is 10.1. The summed E-state index contributed by atoms with van der Waals surface area (Å²) < 4.78 is 18.3. The van der Waals surface area contributed by atoms with Gasteiger partial charge < -0.3 is 23.7 Å². The molecule has 0 spiro atoms. The quantitative estimate of drug-likeness (QED) is 0.853. The number of aromatic nitrogens is 2. The molecule has 0 bridgehead atoms. The molecule has 0 radical (unpaired) electrons. The number of carbonyl (C=O) groups excluding carboxylic acids is 1. The van der Waals surface area contributed by atoms with Crippen LogP contribution in [0.15, 0.2) is 24.4 Å². The van der Waals surface area contributed by atoms with Crippen molar-refractivity contribution in [1.82, 2.24) is 14.5 Å². The molecule has 1 aromatic carbocycles. The van der Waals surface area contributed by atoms with E-state index in [-0.39, 0.29) is 18.7 Å². The van der Waals surface area contributed by atoms with Gasteiger partial charge in [-0.1, -0.05) is 0 Å². The zero-order valence-electron chi connectivity index (χ0n) is 14.4. The molecular weight excluding hydrogens is 322 g/mol. The van der Waals surface area contributed by atoms with E-state index in [2.05, 4.69) is 9.55 Å². The smallest absolute Gasteiger partial charge is 0.254 e. The maximum Gasteiger partial charge on any atom is 0.254 e. The molecule has 0 aliphatic carbocycles. The third-order valence-electron chi connectivity index (χ3n) is 4.71. The number of benzene rings is 1. The molecule has 132 valence electrons. The van der Waals surface area contributed by atoms with Crippen LogP contribution in [0, 0.1) is 0 Å². The Kier molecular flexibility index (Phi) is 4.09. The first-order valence-electron chi connectivity index (χ1n) is 8.51. The normalized spacial score (nSPS) is 18.3. The lowest BCUT2D eigenvalue weighted by Gasteiger charge is -2.34. The highest BCUT2D eigenvalue weighted by molar-refractivity contribution is 5.95. The Bertz CT molecular complexity index is 802. The van der Waals surface area contributed by atoms with Gasteiger partial charge in [0.2, 0.25) is 6.79 Å². The average molecular weight is 343 g/mol. The number of hydrogen-bond donors (Lipinski definition) is 0. The third-order valence-corrected chi connectivity index (χ3v) is 4.71. The molecule has 1 atom stereocenters. The Hall–Kier alpha value is -2.54. The number of hydrogen-bond acceptors (Lipinski definition) is 5. The molecule has 25 heavy (non-hydrogen) atoms. The van der Waals surface area contributed by atoms with E-state index in [0.29, 0.717) is 36.8 Å². The summed E-state index contributed by atoms with van der Waals surface area (Å²) in [6, 6.07) is 5.22. The van der Waals surface area contributed by atoms with E-state index in [1.807, 2.05) is 24.9 Å². The molecule has 4 rings (SSSR count). The van der Waals surface area contributed by atoms with Crippen molar-refractivity contribution in [3.05, 3.63) is 41.5 Å². The van der Waals surface area contributed by atoms with Crippen LogP contribution in [0.3, 0.4) is 0 Å². The van der Waals surface area contributed by atoms with Gasteiger partial charge in [-0.2, -0.15) is 0 Å². The molecule has 2 aliphatic rings. The highest BCUT2D eigenvalue weighted by Gasteiger charge is 2.31. The van der Waals surface area contributed by atoms with Crippen molar-refractivity contribution in [2.45, 2.75) is 33.0 Å². The average Bonchev–Trinajstić information content (AvgIpc) is 3.26. The summed E-state index contributed by atoms with van der Waals surface area (Å²) in [7, 11) is 0. The molecule has 3 heterocycles. The van der Waals surface area contributed by atoms with Crippen molar-refractivity contribution < 1.29 is 19.0 Å². The topological polar surface area (TPSA) is 65.8 Å². The monoisotopic (exact) mass is 343 g/mol. The molecule has 0 unspecified atom stereocenters. The predicted octanol–water partition coefficient (Wildman–Crippen LogP) is 2.37. The number of ether oxygens (including phenoxy) is 3. The summed E-state index contributed by atoms with van der Waals surface area (Å²) in [4.78, 5) is 19.3. The van der Waals surface area contributed by atoms with Crippen LogP contribution >= 0.6 is 0 Å². The van der Waals surface area contributed by atoms with Gasteiger partial charge in [-0.3, -0.25) is 4.79 Å². The summed E-state index contributed by atoms with van der Waals surface area (Å²) in [6.07, 6.45) is 1.84. The van der Waals surface area contributed by atoms with Crippen LogP contribution in [0.25, 0.3) is 0 Å². The fourth-order valence-corrected chi connectivity index (χ4v) is 3.35.